The molecule has 0 amide bonds. The van der Waals surface area contributed by atoms with E-state index < -0.39 is 46.5 Å². The van der Waals surface area contributed by atoms with E-state index in [1.807, 2.05) is 0 Å². The number of carbonyl (C=O) groups excluding carboxylic acids is 1. The highest BCUT2D eigenvalue weighted by atomic mass is 19.3. The van der Waals surface area contributed by atoms with Crippen LogP contribution >= 0.6 is 0 Å². The maximum atomic E-state index is 12.7. The Morgan fingerprint density at radius 2 is 2.28 bits per heavy atom. The number of carbonyl (C=O) groups is 1. The van der Waals surface area contributed by atoms with Crippen molar-refractivity contribution in [2.75, 3.05) is 12.8 Å². The van der Waals surface area contributed by atoms with E-state index in [1.54, 1.807) is 0 Å². The Bertz CT molecular complexity index is 493. The van der Waals surface area contributed by atoms with Crippen LogP contribution in [0.4, 0.5) is 20.3 Å². The summed E-state index contributed by atoms with van der Waals surface area (Å²) in [5, 5.41) is 10.5. The third kappa shape index (κ3) is 2.87. The Morgan fingerprint density at radius 1 is 1.67 bits per heavy atom. The van der Waals surface area contributed by atoms with Crippen LogP contribution in [0.2, 0.25) is 0 Å². The number of anilines is 1. The van der Waals surface area contributed by atoms with E-state index in [0.29, 0.717) is 0 Å². The molecule has 1 rings (SSSR count). The zero-order valence-electron chi connectivity index (χ0n) is 9.22. The molecule has 0 saturated carbocycles. The number of ether oxygens (including phenoxy) is 1. The van der Waals surface area contributed by atoms with Gasteiger partial charge in [0.05, 0.1) is 24.4 Å². The van der Waals surface area contributed by atoms with Gasteiger partial charge in [-0.25, -0.2) is 8.78 Å². The van der Waals surface area contributed by atoms with E-state index in [2.05, 4.69) is 9.72 Å². The van der Waals surface area contributed by atoms with Crippen LogP contribution < -0.4 is 5.73 Å². The number of pyridine rings is 1. The third-order valence-electron chi connectivity index (χ3n) is 2.10. The van der Waals surface area contributed by atoms with Gasteiger partial charge in [-0.1, -0.05) is 0 Å². The minimum absolute atomic E-state index is 0.455. The number of rotatable bonds is 4. The van der Waals surface area contributed by atoms with Crippen LogP contribution in [0.5, 0.6) is 0 Å². The first kappa shape index (κ1) is 13.7. The lowest BCUT2D eigenvalue weighted by molar-refractivity contribution is -0.389. The highest BCUT2D eigenvalue weighted by Crippen LogP contribution is 2.30. The summed E-state index contributed by atoms with van der Waals surface area (Å²) in [6, 6.07) is 0.724. The molecule has 1 aromatic heterocycles. The van der Waals surface area contributed by atoms with Crippen LogP contribution in [0.1, 0.15) is 17.7 Å². The smallest absolute Gasteiger partial charge is 0.365 e. The second-order valence-corrected chi connectivity index (χ2v) is 3.24. The first-order valence-corrected chi connectivity index (χ1v) is 4.65. The molecule has 9 heteroatoms. The number of methoxy groups -OCH3 is 1. The summed E-state index contributed by atoms with van der Waals surface area (Å²) in [6.45, 7) is 0. The van der Waals surface area contributed by atoms with Gasteiger partial charge in [-0.15, -0.1) is 0 Å². The van der Waals surface area contributed by atoms with Crippen molar-refractivity contribution in [1.29, 1.82) is 0 Å². The van der Waals surface area contributed by atoms with Crippen LogP contribution in [0.15, 0.2) is 6.07 Å². The summed E-state index contributed by atoms with van der Waals surface area (Å²) < 4.78 is 29.8. The fourth-order valence-corrected chi connectivity index (χ4v) is 1.30. The Labute approximate surface area is 99.7 Å². The first-order chi connectivity index (χ1) is 8.36. The normalized spacial score (nSPS) is 10.4. The predicted octanol–water partition coefficient (Wildman–Crippen LogP) is 1.23. The molecule has 0 saturated heterocycles. The van der Waals surface area contributed by atoms with Gasteiger partial charge in [0.25, 0.3) is 6.43 Å². The van der Waals surface area contributed by atoms with Gasteiger partial charge in [-0.05, 0) is 9.91 Å². The molecule has 1 heterocycles. The van der Waals surface area contributed by atoms with Gasteiger partial charge in [0.1, 0.15) is 6.42 Å². The van der Waals surface area contributed by atoms with Gasteiger partial charge in [-0.3, -0.25) is 4.79 Å². The second-order valence-electron chi connectivity index (χ2n) is 3.24. The highest BCUT2D eigenvalue weighted by Gasteiger charge is 2.27. The van der Waals surface area contributed by atoms with E-state index >= 15 is 0 Å². The van der Waals surface area contributed by atoms with Crippen LogP contribution in [0.25, 0.3) is 0 Å². The second kappa shape index (κ2) is 5.34. The molecule has 0 bridgehead atoms. The molecule has 0 radical (unpaired) electrons. The van der Waals surface area contributed by atoms with Crippen molar-refractivity contribution in [1.82, 2.24) is 4.98 Å². The lowest BCUT2D eigenvalue weighted by Crippen LogP contribution is -2.12. The molecule has 0 aromatic carbocycles. The predicted molar refractivity (Wildman–Crippen MR) is 56.0 cm³/mol. The number of hydrogen-bond acceptors (Lipinski definition) is 6. The lowest BCUT2D eigenvalue weighted by atomic mass is 10.1. The Hall–Kier alpha value is -2.32. The van der Waals surface area contributed by atoms with E-state index in [9.17, 15) is 23.7 Å². The van der Waals surface area contributed by atoms with Gasteiger partial charge in [-0.2, -0.15) is 0 Å². The van der Waals surface area contributed by atoms with Gasteiger partial charge < -0.3 is 20.6 Å². The van der Waals surface area contributed by atoms with Gasteiger partial charge in [0.15, 0.2) is 5.69 Å². The molecule has 7 nitrogen and oxygen atoms in total. The molecular weight excluding hydrogens is 252 g/mol. The number of nitrogens with zero attached hydrogens (tertiary/aromatic N) is 2. The van der Waals surface area contributed by atoms with Gasteiger partial charge in [0.2, 0.25) is 0 Å². The minimum Gasteiger partial charge on any atom is -0.469 e. The zero-order valence-corrected chi connectivity index (χ0v) is 9.22. The Kier molecular flexibility index (Phi) is 4.08. The summed E-state index contributed by atoms with van der Waals surface area (Å²) in [6.07, 6.45) is -3.60. The molecule has 0 unspecified atom stereocenters. The average molecular weight is 261 g/mol. The fourth-order valence-electron chi connectivity index (χ4n) is 1.30. The van der Waals surface area contributed by atoms with Crippen LogP contribution in [-0.4, -0.2) is 23.0 Å². The summed E-state index contributed by atoms with van der Waals surface area (Å²) in [5.74, 6) is -1.54. The number of esters is 1. The fraction of sp³-hybridized carbons (Fsp3) is 0.333. The summed E-state index contributed by atoms with van der Waals surface area (Å²) in [5.41, 5.74) is 3.68. The number of nitrogens with two attached hydrogens (primary N) is 1. The van der Waals surface area contributed by atoms with Crippen molar-refractivity contribution < 1.29 is 23.2 Å². The van der Waals surface area contributed by atoms with Crippen molar-refractivity contribution in [2.24, 2.45) is 0 Å². The molecule has 0 aliphatic heterocycles. The van der Waals surface area contributed by atoms with Crippen LogP contribution in [0, 0.1) is 10.1 Å². The van der Waals surface area contributed by atoms with Crippen molar-refractivity contribution in [3.8, 4) is 0 Å². The van der Waals surface area contributed by atoms with Crippen molar-refractivity contribution in [2.45, 2.75) is 12.8 Å². The molecule has 2 N–H and O–H groups in total. The molecule has 0 aliphatic carbocycles. The summed E-state index contributed by atoms with van der Waals surface area (Å²) in [7, 11) is 1.06. The molecule has 18 heavy (non-hydrogen) atoms. The van der Waals surface area contributed by atoms with Gasteiger partial charge >= 0.3 is 11.8 Å². The van der Waals surface area contributed by atoms with E-state index in [-0.39, 0.29) is 0 Å². The number of alkyl halides is 2. The molecule has 0 aliphatic rings. The topological polar surface area (TPSA) is 108 Å². The molecule has 0 atom stereocenters. The standard InChI is InChI=1S/C9H9F2N3O4/c1-18-7(15)3-5-8(9(10)11)4(12)2-6(13-5)14(16)17/h2,9H,3H2,1H3,(H2,12,13). The summed E-state index contributed by atoms with van der Waals surface area (Å²) in [4.78, 5) is 24.1. The Balaban J connectivity index is 3.33. The molecule has 0 spiro atoms. The summed E-state index contributed by atoms with van der Waals surface area (Å²) >= 11 is 0. The first-order valence-electron chi connectivity index (χ1n) is 4.65. The largest absolute Gasteiger partial charge is 0.469 e. The monoisotopic (exact) mass is 261 g/mol. The molecule has 98 valence electrons. The van der Waals surface area contributed by atoms with E-state index in [4.69, 9.17) is 5.73 Å². The average Bonchev–Trinajstić information content (AvgIpc) is 2.27. The SMILES string of the molecule is COC(=O)Cc1nc([N+](=O)[O-])cc(N)c1C(F)F. The zero-order chi connectivity index (χ0) is 13.9. The third-order valence-corrected chi connectivity index (χ3v) is 2.10. The number of nitrogen functional groups attached to an aromatic ring is 1. The van der Waals surface area contributed by atoms with E-state index in [1.165, 1.54) is 0 Å². The molecular formula is C9H9F2N3O4. The van der Waals surface area contributed by atoms with Crippen molar-refractivity contribution in [3.05, 3.63) is 27.4 Å². The maximum absolute atomic E-state index is 12.7. The van der Waals surface area contributed by atoms with Crippen LogP contribution in [0.3, 0.4) is 0 Å². The maximum Gasteiger partial charge on any atom is 0.365 e. The lowest BCUT2D eigenvalue weighted by Gasteiger charge is -2.07. The molecule has 0 fully saturated rings. The van der Waals surface area contributed by atoms with E-state index in [0.717, 1.165) is 13.2 Å². The number of aromatic nitrogens is 1. The number of hydrogen-bond donors (Lipinski definition) is 1. The van der Waals surface area contributed by atoms with Crippen molar-refractivity contribution in [3.63, 3.8) is 0 Å². The quantitative estimate of drug-likeness (QED) is 0.496. The number of nitro groups is 1. The molecule has 1 aromatic rings. The Morgan fingerprint density at radius 3 is 2.72 bits per heavy atom. The number of halogens is 2. The van der Waals surface area contributed by atoms with Gasteiger partial charge in [0, 0.05) is 0 Å². The highest BCUT2D eigenvalue weighted by molar-refractivity contribution is 5.73. The van der Waals surface area contributed by atoms with Crippen molar-refractivity contribution >= 4 is 17.5 Å². The minimum atomic E-state index is -2.99. The van der Waals surface area contributed by atoms with Crippen LogP contribution in [-0.2, 0) is 16.0 Å².